The Bertz CT molecular complexity index is 808. The van der Waals surface area contributed by atoms with Crippen molar-refractivity contribution in [2.24, 2.45) is 7.05 Å². The topological polar surface area (TPSA) is 87.8 Å². The van der Waals surface area contributed by atoms with E-state index in [0.29, 0.717) is 8.95 Å². The Labute approximate surface area is 132 Å². The maximum absolute atomic E-state index is 12.3. The SMILES string of the molecule is Cn1cc(C#N)c(NS(=O)(=O)c2cc(Br)ccc2Br)n1. The van der Waals surface area contributed by atoms with E-state index in [1.54, 1.807) is 19.2 Å². The number of halogens is 2. The summed E-state index contributed by atoms with van der Waals surface area (Å²) in [7, 11) is -2.23. The van der Waals surface area contributed by atoms with Crippen LogP contribution >= 0.6 is 31.9 Å². The summed E-state index contributed by atoms with van der Waals surface area (Å²) in [5.41, 5.74) is 0.155. The van der Waals surface area contributed by atoms with Crippen LogP contribution in [-0.2, 0) is 17.1 Å². The van der Waals surface area contributed by atoms with E-state index in [1.165, 1.54) is 16.9 Å². The van der Waals surface area contributed by atoms with Crippen LogP contribution < -0.4 is 4.72 Å². The van der Waals surface area contributed by atoms with E-state index in [4.69, 9.17) is 5.26 Å². The molecule has 0 fully saturated rings. The minimum atomic E-state index is -3.84. The molecule has 104 valence electrons. The molecule has 0 saturated carbocycles. The van der Waals surface area contributed by atoms with Crippen LogP contribution in [0.5, 0.6) is 0 Å². The van der Waals surface area contributed by atoms with Gasteiger partial charge in [-0.15, -0.1) is 0 Å². The second-order valence-electron chi connectivity index (χ2n) is 3.86. The standard InChI is InChI=1S/C11H8Br2N4O2S/c1-17-6-7(5-14)11(15-17)16-20(18,19)10-4-8(12)2-3-9(10)13/h2-4,6H,1H3,(H,15,16). The van der Waals surface area contributed by atoms with Crippen molar-refractivity contribution < 1.29 is 8.42 Å². The number of nitrogens with one attached hydrogen (secondary N) is 1. The lowest BCUT2D eigenvalue weighted by Crippen LogP contribution is -2.15. The molecule has 9 heteroatoms. The minimum Gasteiger partial charge on any atom is -0.272 e. The largest absolute Gasteiger partial charge is 0.272 e. The zero-order chi connectivity index (χ0) is 14.9. The van der Waals surface area contributed by atoms with E-state index in [1.807, 2.05) is 6.07 Å². The Kier molecular flexibility index (Phi) is 4.17. The Morgan fingerprint density at radius 3 is 2.75 bits per heavy atom. The maximum atomic E-state index is 12.3. The molecular weight excluding hydrogens is 412 g/mol. The van der Waals surface area contributed by atoms with Crippen molar-refractivity contribution >= 4 is 47.7 Å². The molecule has 1 aromatic heterocycles. The first kappa shape index (κ1) is 15.0. The van der Waals surface area contributed by atoms with Gasteiger partial charge in [0.2, 0.25) is 0 Å². The van der Waals surface area contributed by atoms with Gasteiger partial charge in [-0.1, -0.05) is 15.9 Å². The van der Waals surface area contributed by atoms with Gasteiger partial charge in [-0.05, 0) is 34.1 Å². The van der Waals surface area contributed by atoms with Gasteiger partial charge in [-0.3, -0.25) is 9.40 Å². The highest BCUT2D eigenvalue weighted by molar-refractivity contribution is 9.11. The van der Waals surface area contributed by atoms with Crippen LogP contribution in [0.25, 0.3) is 0 Å². The number of aromatic nitrogens is 2. The molecule has 0 spiro atoms. The molecule has 2 rings (SSSR count). The molecule has 6 nitrogen and oxygen atoms in total. The molecule has 0 bridgehead atoms. The van der Waals surface area contributed by atoms with Gasteiger partial charge in [-0.25, -0.2) is 8.42 Å². The third kappa shape index (κ3) is 3.03. The number of hydrogen-bond acceptors (Lipinski definition) is 4. The summed E-state index contributed by atoms with van der Waals surface area (Å²) in [5.74, 6) is 0.00174. The first-order valence-corrected chi connectivity index (χ1v) is 8.32. The summed E-state index contributed by atoms with van der Waals surface area (Å²) in [6.07, 6.45) is 1.44. The number of nitriles is 1. The first-order chi connectivity index (χ1) is 9.33. The summed E-state index contributed by atoms with van der Waals surface area (Å²) >= 11 is 6.41. The molecule has 0 amide bonds. The van der Waals surface area contributed by atoms with Crippen LogP contribution in [0, 0.1) is 11.3 Å². The van der Waals surface area contributed by atoms with E-state index >= 15 is 0 Å². The monoisotopic (exact) mass is 418 g/mol. The number of nitrogens with zero attached hydrogens (tertiary/aromatic N) is 3. The molecule has 0 radical (unpaired) electrons. The highest BCUT2D eigenvalue weighted by Gasteiger charge is 2.21. The van der Waals surface area contributed by atoms with Gasteiger partial charge in [0, 0.05) is 22.2 Å². The first-order valence-electron chi connectivity index (χ1n) is 5.25. The van der Waals surface area contributed by atoms with Crippen molar-refractivity contribution in [2.75, 3.05) is 4.72 Å². The maximum Gasteiger partial charge on any atom is 0.264 e. The smallest absolute Gasteiger partial charge is 0.264 e. The van der Waals surface area contributed by atoms with Crippen LogP contribution in [0.15, 0.2) is 38.2 Å². The van der Waals surface area contributed by atoms with Crippen molar-refractivity contribution in [3.8, 4) is 6.07 Å². The Morgan fingerprint density at radius 1 is 1.40 bits per heavy atom. The molecule has 0 unspecified atom stereocenters. The summed E-state index contributed by atoms with van der Waals surface area (Å²) in [6.45, 7) is 0. The molecule has 0 aliphatic carbocycles. The van der Waals surface area contributed by atoms with Gasteiger partial charge in [-0.2, -0.15) is 10.4 Å². The predicted octanol–water partition coefficient (Wildman–Crippen LogP) is 2.62. The summed E-state index contributed by atoms with van der Waals surface area (Å²) < 4.78 is 29.4. The molecule has 0 aliphatic rings. The highest BCUT2D eigenvalue weighted by Crippen LogP contribution is 2.27. The van der Waals surface area contributed by atoms with Crippen molar-refractivity contribution in [2.45, 2.75) is 4.90 Å². The average molecular weight is 420 g/mol. The van der Waals surface area contributed by atoms with E-state index in [9.17, 15) is 8.42 Å². The van der Waals surface area contributed by atoms with Crippen LogP contribution in [0.1, 0.15) is 5.56 Å². The molecule has 0 aliphatic heterocycles. The van der Waals surface area contributed by atoms with Crippen LogP contribution in [0.2, 0.25) is 0 Å². The Hall–Kier alpha value is -1.37. The van der Waals surface area contributed by atoms with Gasteiger partial charge in [0.25, 0.3) is 10.0 Å². The van der Waals surface area contributed by atoms with Crippen LogP contribution in [0.4, 0.5) is 5.82 Å². The second kappa shape index (κ2) is 5.55. The Balaban J connectivity index is 2.46. The minimum absolute atomic E-state index is 0.00174. The number of aryl methyl sites for hydroxylation is 1. The molecule has 20 heavy (non-hydrogen) atoms. The van der Waals surface area contributed by atoms with Gasteiger partial charge in [0.05, 0.1) is 0 Å². The number of rotatable bonds is 3. The zero-order valence-corrected chi connectivity index (χ0v) is 14.1. The van der Waals surface area contributed by atoms with E-state index < -0.39 is 10.0 Å². The zero-order valence-electron chi connectivity index (χ0n) is 10.1. The van der Waals surface area contributed by atoms with Gasteiger partial charge < -0.3 is 0 Å². The van der Waals surface area contributed by atoms with Gasteiger partial charge >= 0.3 is 0 Å². The predicted molar refractivity (Wildman–Crippen MR) is 80.6 cm³/mol. The quantitative estimate of drug-likeness (QED) is 0.828. The summed E-state index contributed by atoms with van der Waals surface area (Å²) in [5, 5.41) is 12.9. The van der Waals surface area contributed by atoms with Gasteiger partial charge in [0.15, 0.2) is 5.82 Å². The molecule has 1 heterocycles. The third-order valence-electron chi connectivity index (χ3n) is 2.36. The summed E-state index contributed by atoms with van der Waals surface area (Å²) in [4.78, 5) is 0.0569. The molecule has 0 saturated heterocycles. The van der Waals surface area contributed by atoms with E-state index in [2.05, 4.69) is 41.7 Å². The Morgan fingerprint density at radius 2 is 2.10 bits per heavy atom. The van der Waals surface area contributed by atoms with E-state index in [-0.39, 0.29) is 16.3 Å². The molecule has 0 atom stereocenters. The summed E-state index contributed by atoms with van der Waals surface area (Å²) in [6, 6.07) is 6.67. The molecular formula is C11H8Br2N4O2S. The lowest BCUT2D eigenvalue weighted by Gasteiger charge is -2.08. The lowest BCUT2D eigenvalue weighted by molar-refractivity contribution is 0.600. The lowest BCUT2D eigenvalue weighted by atomic mass is 10.4. The fraction of sp³-hybridized carbons (Fsp3) is 0.0909. The van der Waals surface area contributed by atoms with E-state index in [0.717, 1.165) is 0 Å². The third-order valence-corrected chi connectivity index (χ3v) is 5.19. The van der Waals surface area contributed by atoms with Gasteiger partial charge in [0.1, 0.15) is 16.5 Å². The van der Waals surface area contributed by atoms with Crippen molar-refractivity contribution in [1.82, 2.24) is 9.78 Å². The van der Waals surface area contributed by atoms with Crippen molar-refractivity contribution in [3.05, 3.63) is 38.9 Å². The fourth-order valence-corrected chi connectivity index (χ4v) is 4.03. The van der Waals surface area contributed by atoms with Crippen molar-refractivity contribution in [1.29, 1.82) is 5.26 Å². The number of sulfonamides is 1. The fourth-order valence-electron chi connectivity index (χ4n) is 1.51. The number of anilines is 1. The average Bonchev–Trinajstić information content (AvgIpc) is 2.71. The van der Waals surface area contributed by atoms with Crippen LogP contribution in [0.3, 0.4) is 0 Å². The second-order valence-corrected chi connectivity index (χ2v) is 7.28. The number of benzene rings is 1. The van der Waals surface area contributed by atoms with Crippen LogP contribution in [-0.4, -0.2) is 18.2 Å². The molecule has 1 aromatic carbocycles. The highest BCUT2D eigenvalue weighted by atomic mass is 79.9. The van der Waals surface area contributed by atoms with Crippen molar-refractivity contribution in [3.63, 3.8) is 0 Å². The molecule has 1 N–H and O–H groups in total. The molecule has 2 aromatic rings. The normalized spacial score (nSPS) is 11.1. The number of hydrogen-bond donors (Lipinski definition) is 1.